The molecule has 1 aliphatic carbocycles. The van der Waals surface area contributed by atoms with E-state index in [9.17, 15) is 0 Å². The lowest BCUT2D eigenvalue weighted by atomic mass is 9.91. The molecule has 1 aromatic heterocycles. The highest BCUT2D eigenvalue weighted by Crippen LogP contribution is 2.31. The molecule has 0 amide bonds. The van der Waals surface area contributed by atoms with E-state index in [0.717, 1.165) is 6.54 Å². The van der Waals surface area contributed by atoms with E-state index in [1.165, 1.54) is 37.8 Å². The molecule has 3 heteroatoms. The number of likely N-dealkylation sites (N-methyl/N-ethyl adjacent to an activating group) is 1. The van der Waals surface area contributed by atoms with Crippen LogP contribution in [0.2, 0.25) is 0 Å². The number of nitrogens with one attached hydrogen (secondary N) is 1. The van der Waals surface area contributed by atoms with E-state index in [1.807, 2.05) is 10.9 Å². The van der Waals surface area contributed by atoms with E-state index >= 15 is 0 Å². The highest BCUT2D eigenvalue weighted by atomic mass is 15.3. The number of aromatic nitrogens is 2. The molecule has 1 aliphatic rings. The number of hydrogen-bond acceptors (Lipinski definition) is 2. The summed E-state index contributed by atoms with van der Waals surface area (Å²) in [4.78, 5) is 0. The van der Waals surface area contributed by atoms with Gasteiger partial charge in [0.2, 0.25) is 0 Å². The van der Waals surface area contributed by atoms with Crippen LogP contribution in [0.1, 0.15) is 50.6 Å². The Labute approximate surface area is 98.2 Å². The maximum Gasteiger partial charge on any atom is 0.0492 e. The number of hydrogen-bond donors (Lipinski definition) is 1. The predicted molar refractivity (Wildman–Crippen MR) is 66.5 cm³/mol. The molecular weight excluding hydrogens is 198 g/mol. The molecule has 1 saturated carbocycles. The zero-order chi connectivity index (χ0) is 11.4. The van der Waals surface area contributed by atoms with Crippen molar-refractivity contribution in [2.24, 2.45) is 7.05 Å². The number of rotatable bonds is 3. The third kappa shape index (κ3) is 2.46. The molecule has 16 heavy (non-hydrogen) atoms. The molecule has 2 atom stereocenters. The second-order valence-corrected chi connectivity index (χ2v) is 4.79. The normalized spacial score (nSPS) is 26.6. The smallest absolute Gasteiger partial charge is 0.0492 e. The monoisotopic (exact) mass is 221 g/mol. The minimum Gasteiger partial charge on any atom is -0.314 e. The van der Waals surface area contributed by atoms with Crippen molar-refractivity contribution in [2.75, 3.05) is 6.54 Å². The first-order valence-corrected chi connectivity index (χ1v) is 6.54. The van der Waals surface area contributed by atoms with Gasteiger partial charge in [0, 0.05) is 30.9 Å². The fraction of sp³-hybridized carbons (Fsp3) is 0.769. The van der Waals surface area contributed by atoms with E-state index in [-0.39, 0.29) is 0 Å². The fourth-order valence-electron chi connectivity index (χ4n) is 2.92. The van der Waals surface area contributed by atoms with Gasteiger partial charge in [-0.2, -0.15) is 5.10 Å². The molecule has 0 aromatic carbocycles. The molecular formula is C13H23N3. The van der Waals surface area contributed by atoms with Crippen molar-refractivity contribution >= 4 is 0 Å². The molecule has 2 unspecified atom stereocenters. The quantitative estimate of drug-likeness (QED) is 0.795. The van der Waals surface area contributed by atoms with Gasteiger partial charge < -0.3 is 5.32 Å². The summed E-state index contributed by atoms with van der Waals surface area (Å²) in [5.74, 6) is 0.648. The Bertz CT molecular complexity index is 319. The van der Waals surface area contributed by atoms with E-state index < -0.39 is 0 Å². The van der Waals surface area contributed by atoms with Crippen molar-refractivity contribution in [1.29, 1.82) is 0 Å². The van der Waals surface area contributed by atoms with Crippen molar-refractivity contribution in [3.63, 3.8) is 0 Å². The second kappa shape index (κ2) is 5.48. The van der Waals surface area contributed by atoms with Crippen LogP contribution >= 0.6 is 0 Å². The van der Waals surface area contributed by atoms with Gasteiger partial charge in [0.25, 0.3) is 0 Å². The van der Waals surface area contributed by atoms with Gasteiger partial charge in [-0.1, -0.05) is 26.2 Å². The molecule has 1 aromatic rings. The van der Waals surface area contributed by atoms with Gasteiger partial charge in [-0.3, -0.25) is 4.68 Å². The molecule has 0 spiro atoms. The Morgan fingerprint density at radius 1 is 1.38 bits per heavy atom. The lowest BCUT2D eigenvalue weighted by molar-refractivity contribution is 0.403. The molecule has 3 nitrogen and oxygen atoms in total. The fourth-order valence-corrected chi connectivity index (χ4v) is 2.92. The topological polar surface area (TPSA) is 29.9 Å². The summed E-state index contributed by atoms with van der Waals surface area (Å²) in [7, 11) is 2.06. The average Bonchev–Trinajstić information content (AvgIpc) is 2.56. The first-order valence-electron chi connectivity index (χ1n) is 6.54. The SMILES string of the molecule is CCNC1CCCCCC1c1ccnn1C. The molecule has 0 aliphatic heterocycles. The summed E-state index contributed by atoms with van der Waals surface area (Å²) in [6, 6.07) is 2.82. The Morgan fingerprint density at radius 2 is 2.19 bits per heavy atom. The van der Waals surface area contributed by atoms with Crippen LogP contribution in [-0.4, -0.2) is 22.4 Å². The molecule has 0 saturated heterocycles. The van der Waals surface area contributed by atoms with Gasteiger partial charge in [0.05, 0.1) is 0 Å². The van der Waals surface area contributed by atoms with Crippen LogP contribution < -0.4 is 5.32 Å². The third-order valence-electron chi connectivity index (χ3n) is 3.72. The van der Waals surface area contributed by atoms with Crippen molar-refractivity contribution in [2.45, 2.75) is 51.0 Å². The lowest BCUT2D eigenvalue weighted by Crippen LogP contribution is -2.35. The molecule has 2 rings (SSSR count). The first-order chi connectivity index (χ1) is 7.83. The van der Waals surface area contributed by atoms with Crippen LogP contribution in [0.15, 0.2) is 12.3 Å². The lowest BCUT2D eigenvalue weighted by Gasteiger charge is -2.26. The molecule has 1 heterocycles. The summed E-state index contributed by atoms with van der Waals surface area (Å²) in [5.41, 5.74) is 1.40. The maximum absolute atomic E-state index is 4.31. The van der Waals surface area contributed by atoms with Crippen LogP contribution in [-0.2, 0) is 7.05 Å². The van der Waals surface area contributed by atoms with E-state index in [2.05, 4.69) is 30.5 Å². The van der Waals surface area contributed by atoms with Gasteiger partial charge in [0.1, 0.15) is 0 Å². The van der Waals surface area contributed by atoms with Crippen molar-refractivity contribution in [1.82, 2.24) is 15.1 Å². The largest absolute Gasteiger partial charge is 0.314 e. The Morgan fingerprint density at radius 3 is 2.88 bits per heavy atom. The summed E-state index contributed by atoms with van der Waals surface area (Å²) in [6.07, 6.45) is 8.64. The third-order valence-corrected chi connectivity index (χ3v) is 3.72. The Kier molecular flexibility index (Phi) is 3.99. The summed E-state index contributed by atoms with van der Waals surface area (Å²) in [6.45, 7) is 3.27. The zero-order valence-electron chi connectivity index (χ0n) is 10.4. The van der Waals surface area contributed by atoms with Crippen LogP contribution in [0, 0.1) is 0 Å². The van der Waals surface area contributed by atoms with Gasteiger partial charge in [-0.05, 0) is 25.5 Å². The number of aryl methyl sites for hydroxylation is 1. The van der Waals surface area contributed by atoms with Crippen molar-refractivity contribution in [3.8, 4) is 0 Å². The predicted octanol–water partition coefficient (Wildman–Crippen LogP) is 2.45. The van der Waals surface area contributed by atoms with E-state index in [1.54, 1.807) is 0 Å². The van der Waals surface area contributed by atoms with Gasteiger partial charge >= 0.3 is 0 Å². The van der Waals surface area contributed by atoms with Crippen molar-refractivity contribution < 1.29 is 0 Å². The maximum atomic E-state index is 4.31. The molecule has 1 N–H and O–H groups in total. The Hall–Kier alpha value is -0.830. The summed E-state index contributed by atoms with van der Waals surface area (Å²) < 4.78 is 2.04. The minimum atomic E-state index is 0.642. The van der Waals surface area contributed by atoms with Crippen molar-refractivity contribution in [3.05, 3.63) is 18.0 Å². The standard InChI is InChI=1S/C13H23N3/c1-3-14-12-8-6-4-5-7-11(12)13-9-10-15-16(13)2/h9-12,14H,3-8H2,1-2H3. The second-order valence-electron chi connectivity index (χ2n) is 4.79. The zero-order valence-corrected chi connectivity index (χ0v) is 10.4. The molecule has 0 bridgehead atoms. The molecule has 90 valence electrons. The molecule has 0 radical (unpaired) electrons. The van der Waals surface area contributed by atoms with Crippen LogP contribution in [0.4, 0.5) is 0 Å². The van der Waals surface area contributed by atoms with Crippen LogP contribution in [0.3, 0.4) is 0 Å². The van der Waals surface area contributed by atoms with Gasteiger partial charge in [-0.15, -0.1) is 0 Å². The Balaban J connectivity index is 2.17. The van der Waals surface area contributed by atoms with E-state index in [4.69, 9.17) is 0 Å². The first kappa shape index (κ1) is 11.6. The average molecular weight is 221 g/mol. The highest BCUT2D eigenvalue weighted by molar-refractivity contribution is 5.11. The minimum absolute atomic E-state index is 0.642. The van der Waals surface area contributed by atoms with E-state index in [0.29, 0.717) is 12.0 Å². The van der Waals surface area contributed by atoms with Gasteiger partial charge in [-0.25, -0.2) is 0 Å². The van der Waals surface area contributed by atoms with Crippen LogP contribution in [0.5, 0.6) is 0 Å². The molecule has 1 fully saturated rings. The number of nitrogens with zero attached hydrogens (tertiary/aromatic N) is 2. The summed E-state index contributed by atoms with van der Waals surface area (Å²) >= 11 is 0. The van der Waals surface area contributed by atoms with Crippen LogP contribution in [0.25, 0.3) is 0 Å². The summed E-state index contributed by atoms with van der Waals surface area (Å²) in [5, 5.41) is 7.95. The highest BCUT2D eigenvalue weighted by Gasteiger charge is 2.26. The van der Waals surface area contributed by atoms with Gasteiger partial charge in [0.15, 0.2) is 0 Å².